The van der Waals surface area contributed by atoms with Crippen LogP contribution in [0, 0.1) is 5.41 Å². The Kier molecular flexibility index (Phi) is 4.27. The minimum absolute atomic E-state index is 0.129. The zero-order valence-electron chi connectivity index (χ0n) is 13.6. The van der Waals surface area contributed by atoms with Gasteiger partial charge in [0.05, 0.1) is 5.56 Å². The number of amides is 1. The number of carbonyl (C=O) groups excluding carboxylic acids is 1. The number of hydrogen-bond donors (Lipinski definition) is 1. The van der Waals surface area contributed by atoms with E-state index in [0.717, 1.165) is 16.9 Å². The van der Waals surface area contributed by atoms with Crippen molar-refractivity contribution in [2.75, 3.05) is 13.1 Å². The Labute approximate surface area is 146 Å². The Morgan fingerprint density at radius 2 is 1.96 bits per heavy atom. The summed E-state index contributed by atoms with van der Waals surface area (Å²) >= 11 is 1.04. The van der Waals surface area contributed by atoms with E-state index in [1.165, 1.54) is 15.8 Å². The monoisotopic (exact) mass is 364 g/mol. The van der Waals surface area contributed by atoms with Crippen molar-refractivity contribution < 1.29 is 13.2 Å². The third kappa shape index (κ3) is 2.99. The molecule has 5 nitrogen and oxygen atoms in total. The minimum Gasteiger partial charge on any atom is -0.366 e. The van der Waals surface area contributed by atoms with Gasteiger partial charge in [0.1, 0.15) is 4.21 Å². The number of sulfonamides is 1. The van der Waals surface area contributed by atoms with Gasteiger partial charge in [0.15, 0.2) is 0 Å². The van der Waals surface area contributed by atoms with Gasteiger partial charge >= 0.3 is 0 Å². The lowest BCUT2D eigenvalue weighted by atomic mass is 9.78. The molecule has 2 N–H and O–H groups in total. The fraction of sp³-hybridized carbons (Fsp3) is 0.353. The van der Waals surface area contributed by atoms with Crippen molar-refractivity contribution in [3.63, 3.8) is 0 Å². The molecule has 1 aliphatic heterocycles. The van der Waals surface area contributed by atoms with E-state index in [1.807, 2.05) is 30.3 Å². The quantitative estimate of drug-likeness (QED) is 0.906. The summed E-state index contributed by atoms with van der Waals surface area (Å²) in [6.45, 7) is 5.05. The highest BCUT2D eigenvalue weighted by molar-refractivity contribution is 7.91. The van der Waals surface area contributed by atoms with Crippen LogP contribution in [0.3, 0.4) is 0 Å². The molecule has 0 bridgehead atoms. The maximum atomic E-state index is 12.9. The molecule has 3 rings (SSSR count). The molecule has 2 heterocycles. The molecule has 1 atom stereocenters. The van der Waals surface area contributed by atoms with Crippen molar-refractivity contribution >= 4 is 27.3 Å². The van der Waals surface area contributed by atoms with Crippen molar-refractivity contribution in [1.82, 2.24) is 4.31 Å². The normalized spacial score (nSPS) is 21.0. The Morgan fingerprint density at radius 3 is 2.54 bits per heavy atom. The summed E-state index contributed by atoms with van der Waals surface area (Å²) in [6, 6.07) is 11.3. The first-order valence-electron chi connectivity index (χ1n) is 7.65. The summed E-state index contributed by atoms with van der Waals surface area (Å²) in [5.41, 5.74) is 6.43. The number of thiophene rings is 1. The third-order valence-corrected chi connectivity index (χ3v) is 7.80. The highest BCUT2D eigenvalue weighted by Crippen LogP contribution is 2.44. The topological polar surface area (TPSA) is 80.5 Å². The molecule has 1 aromatic heterocycles. The van der Waals surface area contributed by atoms with E-state index in [0.29, 0.717) is 13.1 Å². The first kappa shape index (κ1) is 17.1. The van der Waals surface area contributed by atoms with Crippen LogP contribution in [0.25, 0.3) is 0 Å². The molecular formula is C17H20N2O3S2. The van der Waals surface area contributed by atoms with Crippen LogP contribution in [0.4, 0.5) is 0 Å². The fourth-order valence-electron chi connectivity index (χ4n) is 3.21. The SMILES string of the molecule is CC1(C)CN(S(=O)(=O)c2cc(C(N)=O)cs2)C[C@@H]1c1ccccc1. The van der Waals surface area contributed by atoms with E-state index in [2.05, 4.69) is 13.8 Å². The molecule has 24 heavy (non-hydrogen) atoms. The Hall–Kier alpha value is -1.70. The molecule has 0 saturated carbocycles. The van der Waals surface area contributed by atoms with E-state index in [4.69, 9.17) is 5.73 Å². The van der Waals surface area contributed by atoms with Crippen molar-refractivity contribution in [1.29, 1.82) is 0 Å². The first-order chi connectivity index (χ1) is 11.2. The van der Waals surface area contributed by atoms with Gasteiger partial charge in [-0.05, 0) is 17.0 Å². The zero-order valence-corrected chi connectivity index (χ0v) is 15.2. The van der Waals surface area contributed by atoms with Gasteiger partial charge in [-0.1, -0.05) is 44.2 Å². The number of nitrogens with two attached hydrogens (primary N) is 1. The molecule has 128 valence electrons. The molecule has 1 aliphatic rings. The van der Waals surface area contributed by atoms with Gasteiger partial charge in [0, 0.05) is 24.4 Å². The van der Waals surface area contributed by atoms with Gasteiger partial charge in [-0.15, -0.1) is 11.3 Å². The Balaban J connectivity index is 1.91. The van der Waals surface area contributed by atoms with E-state index in [1.54, 1.807) is 0 Å². The lowest BCUT2D eigenvalue weighted by Gasteiger charge is -2.25. The largest absolute Gasteiger partial charge is 0.366 e. The lowest BCUT2D eigenvalue weighted by molar-refractivity contribution is 0.100. The average Bonchev–Trinajstić information content (AvgIpc) is 3.13. The van der Waals surface area contributed by atoms with E-state index < -0.39 is 15.9 Å². The molecule has 1 saturated heterocycles. The van der Waals surface area contributed by atoms with Crippen LogP contribution in [-0.4, -0.2) is 31.7 Å². The summed E-state index contributed by atoms with van der Waals surface area (Å²) in [5, 5.41) is 1.49. The number of rotatable bonds is 4. The number of nitrogens with zero attached hydrogens (tertiary/aromatic N) is 1. The fourth-order valence-corrected chi connectivity index (χ4v) is 6.16. The molecule has 0 aliphatic carbocycles. The van der Waals surface area contributed by atoms with Crippen molar-refractivity contribution in [3.05, 3.63) is 52.9 Å². The minimum atomic E-state index is -3.62. The molecule has 1 amide bonds. The summed E-state index contributed by atoms with van der Waals surface area (Å²) < 4.78 is 27.5. The molecule has 2 aromatic rings. The number of primary amides is 1. The van der Waals surface area contributed by atoms with Crippen LogP contribution in [0.15, 0.2) is 46.0 Å². The smallest absolute Gasteiger partial charge is 0.252 e. The molecule has 1 aromatic carbocycles. The summed E-state index contributed by atoms with van der Waals surface area (Å²) in [5.74, 6) is -0.485. The first-order valence-corrected chi connectivity index (χ1v) is 9.97. The van der Waals surface area contributed by atoms with Gasteiger partial charge < -0.3 is 5.73 Å². The van der Waals surface area contributed by atoms with Crippen LogP contribution < -0.4 is 5.73 Å². The maximum Gasteiger partial charge on any atom is 0.252 e. The average molecular weight is 364 g/mol. The van der Waals surface area contributed by atoms with Crippen LogP contribution in [0.2, 0.25) is 0 Å². The number of hydrogen-bond acceptors (Lipinski definition) is 4. The second-order valence-electron chi connectivity index (χ2n) is 6.77. The Bertz CT molecular complexity index is 857. The van der Waals surface area contributed by atoms with E-state index in [9.17, 15) is 13.2 Å². The molecule has 0 spiro atoms. The van der Waals surface area contributed by atoms with Gasteiger partial charge in [0.25, 0.3) is 10.0 Å². The highest BCUT2D eigenvalue weighted by Gasteiger charge is 2.45. The van der Waals surface area contributed by atoms with Gasteiger partial charge in [-0.3, -0.25) is 4.79 Å². The number of benzene rings is 1. The van der Waals surface area contributed by atoms with Crippen molar-refractivity contribution in [2.45, 2.75) is 24.0 Å². The van der Waals surface area contributed by atoms with E-state index >= 15 is 0 Å². The molecular weight excluding hydrogens is 344 g/mol. The van der Waals surface area contributed by atoms with Crippen LogP contribution in [0.5, 0.6) is 0 Å². The van der Waals surface area contributed by atoms with Gasteiger partial charge in [-0.2, -0.15) is 4.31 Å². The molecule has 0 radical (unpaired) electrons. The lowest BCUT2D eigenvalue weighted by Crippen LogP contribution is -2.29. The Morgan fingerprint density at radius 1 is 1.29 bits per heavy atom. The number of carbonyl (C=O) groups is 1. The predicted molar refractivity (Wildman–Crippen MR) is 94.6 cm³/mol. The van der Waals surface area contributed by atoms with Crippen molar-refractivity contribution in [3.8, 4) is 0 Å². The predicted octanol–water partition coefficient (Wildman–Crippen LogP) is 2.66. The van der Waals surface area contributed by atoms with Gasteiger partial charge in [0.2, 0.25) is 5.91 Å². The standard InChI is InChI=1S/C17H20N2O3S2/c1-17(2)11-19(9-14(17)12-6-4-3-5-7-12)24(21,22)15-8-13(10-23-15)16(18)20/h3-8,10,14H,9,11H2,1-2H3,(H2,18,20)/t14-/m1/s1. The van der Waals surface area contributed by atoms with E-state index in [-0.39, 0.29) is 21.1 Å². The maximum absolute atomic E-state index is 12.9. The molecule has 1 fully saturated rings. The van der Waals surface area contributed by atoms with Gasteiger partial charge in [-0.25, -0.2) is 8.42 Å². The third-order valence-electron chi connectivity index (χ3n) is 4.57. The second-order valence-corrected chi connectivity index (χ2v) is 9.84. The van der Waals surface area contributed by atoms with Crippen LogP contribution in [0.1, 0.15) is 35.7 Å². The van der Waals surface area contributed by atoms with Crippen LogP contribution in [-0.2, 0) is 10.0 Å². The summed E-state index contributed by atoms with van der Waals surface area (Å²) in [4.78, 5) is 11.2. The summed E-state index contributed by atoms with van der Waals surface area (Å²) in [7, 11) is -3.62. The summed E-state index contributed by atoms with van der Waals surface area (Å²) in [6.07, 6.45) is 0. The van der Waals surface area contributed by atoms with Crippen molar-refractivity contribution in [2.24, 2.45) is 11.1 Å². The molecule has 0 unspecified atom stereocenters. The zero-order chi connectivity index (χ0) is 17.5. The van der Waals surface area contributed by atoms with Crippen LogP contribution >= 0.6 is 11.3 Å². The molecule has 7 heteroatoms. The second kappa shape index (κ2) is 5.98. The highest BCUT2D eigenvalue weighted by atomic mass is 32.2.